The molecule has 0 bridgehead atoms. The minimum atomic E-state index is 0.350. The van der Waals surface area contributed by atoms with Gasteiger partial charge in [-0.05, 0) is 33.7 Å². The fraction of sp³-hybridized carbons (Fsp3) is 0.818. The van der Waals surface area contributed by atoms with Crippen LogP contribution < -0.4 is 5.32 Å². The fourth-order valence-corrected chi connectivity index (χ4v) is 2.13. The van der Waals surface area contributed by atoms with Gasteiger partial charge in [0, 0.05) is 11.0 Å². The van der Waals surface area contributed by atoms with Crippen molar-refractivity contribution in [2.45, 2.75) is 46.1 Å². The predicted octanol–water partition coefficient (Wildman–Crippen LogP) is 2.73. The van der Waals surface area contributed by atoms with E-state index in [4.69, 9.17) is 0 Å². The van der Waals surface area contributed by atoms with Gasteiger partial charge in [0.1, 0.15) is 0 Å². The molecule has 1 heteroatoms. The Labute approximate surface area is 76.2 Å². The molecule has 70 valence electrons. The van der Waals surface area contributed by atoms with Crippen LogP contribution in [-0.4, -0.2) is 12.6 Å². The van der Waals surface area contributed by atoms with Crippen LogP contribution in [0.25, 0.3) is 0 Å². The van der Waals surface area contributed by atoms with Crippen molar-refractivity contribution in [2.75, 3.05) is 7.05 Å². The van der Waals surface area contributed by atoms with E-state index in [2.05, 4.69) is 46.1 Å². The largest absolute Gasteiger partial charge is 0.314 e. The van der Waals surface area contributed by atoms with Gasteiger partial charge in [0.2, 0.25) is 0 Å². The lowest BCUT2D eigenvalue weighted by Gasteiger charge is -2.19. The van der Waals surface area contributed by atoms with E-state index in [-0.39, 0.29) is 0 Å². The van der Waals surface area contributed by atoms with E-state index in [1.165, 1.54) is 6.42 Å². The summed E-state index contributed by atoms with van der Waals surface area (Å²) in [6, 6.07) is 0. The molecule has 0 heterocycles. The van der Waals surface area contributed by atoms with Gasteiger partial charge < -0.3 is 5.32 Å². The molecule has 0 aromatic heterocycles. The molecule has 1 fully saturated rings. The zero-order valence-corrected chi connectivity index (χ0v) is 8.99. The Bertz CT molecular complexity index is 207. The molecule has 1 nitrogen and oxygen atoms in total. The monoisotopic (exact) mass is 167 g/mol. The smallest absolute Gasteiger partial charge is 0.0250 e. The van der Waals surface area contributed by atoms with Crippen molar-refractivity contribution in [3.8, 4) is 0 Å². The Hall–Kier alpha value is -0.300. The molecule has 1 aliphatic rings. The first kappa shape index (κ1) is 9.79. The molecule has 0 amide bonds. The van der Waals surface area contributed by atoms with Gasteiger partial charge in [0.15, 0.2) is 0 Å². The van der Waals surface area contributed by atoms with Crippen LogP contribution in [0.5, 0.6) is 0 Å². The number of hydrogen-bond acceptors (Lipinski definition) is 1. The standard InChI is InChI=1S/C11H21N/c1-6-7-9(2)10(3)8-11(10,4)12-5/h7,12H,6,8H2,1-5H3/b9-7+. The number of nitrogens with one attached hydrogen (secondary N) is 1. The maximum absolute atomic E-state index is 3.40. The van der Waals surface area contributed by atoms with E-state index >= 15 is 0 Å². The second-order valence-electron chi connectivity index (χ2n) is 4.39. The van der Waals surface area contributed by atoms with Gasteiger partial charge in [-0.2, -0.15) is 0 Å². The first-order valence-electron chi connectivity index (χ1n) is 4.86. The Morgan fingerprint density at radius 3 is 2.42 bits per heavy atom. The summed E-state index contributed by atoms with van der Waals surface area (Å²) >= 11 is 0. The average Bonchev–Trinajstić information content (AvgIpc) is 2.58. The van der Waals surface area contributed by atoms with Crippen molar-refractivity contribution >= 4 is 0 Å². The summed E-state index contributed by atoms with van der Waals surface area (Å²) in [6.45, 7) is 9.11. The van der Waals surface area contributed by atoms with Crippen LogP contribution in [0.15, 0.2) is 11.6 Å². The van der Waals surface area contributed by atoms with E-state index in [0.29, 0.717) is 11.0 Å². The Morgan fingerprint density at radius 1 is 1.50 bits per heavy atom. The lowest BCUT2D eigenvalue weighted by atomic mass is 9.93. The molecule has 12 heavy (non-hydrogen) atoms. The average molecular weight is 167 g/mol. The second kappa shape index (κ2) is 2.88. The molecule has 1 N–H and O–H groups in total. The summed E-state index contributed by atoms with van der Waals surface area (Å²) in [5, 5.41) is 3.40. The minimum absolute atomic E-state index is 0.350. The van der Waals surface area contributed by atoms with Crippen molar-refractivity contribution in [2.24, 2.45) is 5.41 Å². The molecule has 0 saturated heterocycles. The van der Waals surface area contributed by atoms with Crippen LogP contribution in [0.2, 0.25) is 0 Å². The molecule has 1 saturated carbocycles. The lowest BCUT2D eigenvalue weighted by Crippen LogP contribution is -2.30. The Morgan fingerprint density at radius 2 is 2.08 bits per heavy atom. The maximum atomic E-state index is 3.40. The molecular weight excluding hydrogens is 146 g/mol. The van der Waals surface area contributed by atoms with Crippen molar-refractivity contribution in [1.29, 1.82) is 0 Å². The van der Waals surface area contributed by atoms with Crippen molar-refractivity contribution < 1.29 is 0 Å². The molecular formula is C11H21N. The topological polar surface area (TPSA) is 12.0 Å². The number of allylic oxidation sites excluding steroid dienone is 1. The minimum Gasteiger partial charge on any atom is -0.314 e. The summed E-state index contributed by atoms with van der Waals surface area (Å²) < 4.78 is 0. The summed E-state index contributed by atoms with van der Waals surface area (Å²) in [4.78, 5) is 0. The van der Waals surface area contributed by atoms with Gasteiger partial charge in [-0.1, -0.05) is 25.5 Å². The molecule has 0 aromatic carbocycles. The SMILES string of the molecule is CC/C=C(\C)C1(C)CC1(C)NC. The van der Waals surface area contributed by atoms with Crippen molar-refractivity contribution in [1.82, 2.24) is 5.32 Å². The zero-order valence-electron chi connectivity index (χ0n) is 8.99. The lowest BCUT2D eigenvalue weighted by molar-refractivity contribution is 0.477. The van der Waals surface area contributed by atoms with Crippen molar-refractivity contribution in [3.63, 3.8) is 0 Å². The third-order valence-corrected chi connectivity index (χ3v) is 3.73. The Kier molecular flexibility index (Phi) is 2.35. The second-order valence-corrected chi connectivity index (χ2v) is 4.39. The van der Waals surface area contributed by atoms with E-state index < -0.39 is 0 Å². The van der Waals surface area contributed by atoms with Gasteiger partial charge in [-0.3, -0.25) is 0 Å². The number of rotatable bonds is 3. The van der Waals surface area contributed by atoms with Gasteiger partial charge >= 0.3 is 0 Å². The normalized spacial score (nSPS) is 41.6. The van der Waals surface area contributed by atoms with Crippen LogP contribution in [-0.2, 0) is 0 Å². The van der Waals surface area contributed by atoms with Gasteiger partial charge in [0.25, 0.3) is 0 Å². The van der Waals surface area contributed by atoms with Gasteiger partial charge in [0.05, 0.1) is 0 Å². The Balaban J connectivity index is 2.73. The molecule has 1 aliphatic carbocycles. The highest BCUT2D eigenvalue weighted by atomic mass is 15.0. The van der Waals surface area contributed by atoms with Crippen LogP contribution in [0, 0.1) is 5.41 Å². The third kappa shape index (κ3) is 1.20. The first-order chi connectivity index (χ1) is 5.50. The van der Waals surface area contributed by atoms with Crippen LogP contribution in [0.1, 0.15) is 40.5 Å². The van der Waals surface area contributed by atoms with Crippen LogP contribution in [0.3, 0.4) is 0 Å². The van der Waals surface area contributed by atoms with E-state index in [0.717, 1.165) is 6.42 Å². The van der Waals surface area contributed by atoms with E-state index in [9.17, 15) is 0 Å². The molecule has 2 atom stereocenters. The molecule has 0 spiro atoms. The summed E-state index contributed by atoms with van der Waals surface area (Å²) in [6.07, 6.45) is 4.78. The van der Waals surface area contributed by atoms with E-state index in [1.807, 2.05) is 0 Å². The van der Waals surface area contributed by atoms with E-state index in [1.54, 1.807) is 5.57 Å². The highest BCUT2D eigenvalue weighted by Gasteiger charge is 2.60. The number of hydrogen-bond donors (Lipinski definition) is 1. The van der Waals surface area contributed by atoms with Crippen LogP contribution >= 0.6 is 0 Å². The first-order valence-corrected chi connectivity index (χ1v) is 4.86. The van der Waals surface area contributed by atoms with Crippen LogP contribution in [0.4, 0.5) is 0 Å². The third-order valence-electron chi connectivity index (χ3n) is 3.73. The van der Waals surface area contributed by atoms with Gasteiger partial charge in [-0.15, -0.1) is 0 Å². The maximum Gasteiger partial charge on any atom is 0.0250 e. The summed E-state index contributed by atoms with van der Waals surface area (Å²) in [5.41, 5.74) is 2.31. The summed E-state index contributed by atoms with van der Waals surface area (Å²) in [5.74, 6) is 0. The molecule has 2 unspecified atom stereocenters. The highest BCUT2D eigenvalue weighted by molar-refractivity contribution is 5.31. The molecule has 0 aliphatic heterocycles. The van der Waals surface area contributed by atoms with Crippen molar-refractivity contribution in [3.05, 3.63) is 11.6 Å². The quantitative estimate of drug-likeness (QED) is 0.637. The van der Waals surface area contributed by atoms with Gasteiger partial charge in [-0.25, -0.2) is 0 Å². The molecule has 0 radical (unpaired) electrons. The molecule has 1 rings (SSSR count). The predicted molar refractivity (Wildman–Crippen MR) is 54.2 cm³/mol. The zero-order chi connectivity index (χ0) is 9.41. The molecule has 0 aromatic rings. The highest BCUT2D eigenvalue weighted by Crippen LogP contribution is 2.60. The fourth-order valence-electron chi connectivity index (χ4n) is 2.13. The summed E-state index contributed by atoms with van der Waals surface area (Å²) in [7, 11) is 2.06.